The van der Waals surface area contributed by atoms with Gasteiger partial charge < -0.3 is 25.0 Å². The summed E-state index contributed by atoms with van der Waals surface area (Å²) in [5, 5.41) is 6.53. The zero-order valence-corrected chi connectivity index (χ0v) is 23.1. The molecule has 0 atom stereocenters. The summed E-state index contributed by atoms with van der Waals surface area (Å²) in [6, 6.07) is 9.22. The van der Waals surface area contributed by atoms with Crippen molar-refractivity contribution in [3.63, 3.8) is 0 Å². The molecule has 1 amide bonds. The molecule has 2 N–H and O–H groups in total. The lowest BCUT2D eigenvalue weighted by Crippen LogP contribution is -2.44. The van der Waals surface area contributed by atoms with E-state index in [1.54, 1.807) is 30.3 Å². The van der Waals surface area contributed by atoms with Crippen molar-refractivity contribution in [1.82, 2.24) is 30.2 Å². The second kappa shape index (κ2) is 12.6. The Morgan fingerprint density at radius 3 is 2.51 bits per heavy atom. The first-order valence-electron chi connectivity index (χ1n) is 14.7. The van der Waals surface area contributed by atoms with Gasteiger partial charge in [0.1, 0.15) is 11.9 Å². The van der Waals surface area contributed by atoms with E-state index in [9.17, 15) is 13.6 Å². The first kappa shape index (κ1) is 27.8. The molecule has 0 spiro atoms. The minimum atomic E-state index is -2.78. The number of carbonyl (C=O) groups is 1. The molecule has 1 aliphatic heterocycles. The van der Waals surface area contributed by atoms with Crippen LogP contribution in [0.15, 0.2) is 30.3 Å². The summed E-state index contributed by atoms with van der Waals surface area (Å²) in [5.41, 5.74) is 1.01. The topological polar surface area (TPSA) is 106 Å². The lowest BCUT2D eigenvalue weighted by atomic mass is 9.93. The SMILES string of the molecule is O=C(CNC1CCCC1)NC1CCC(Oc2cc(-n3c(C(F)F)nc4ccccc43)nc(N3CCOCC3)n2)CC1. The Bertz CT molecular complexity index is 1330. The van der Waals surface area contributed by atoms with Gasteiger partial charge in [-0.2, -0.15) is 9.97 Å². The first-order chi connectivity index (χ1) is 20.0. The number of fused-ring (bicyclic) bond motifs is 1. The van der Waals surface area contributed by atoms with Crippen LogP contribution in [-0.4, -0.2) is 76.5 Å². The summed E-state index contributed by atoms with van der Waals surface area (Å²) in [6.45, 7) is 2.61. The van der Waals surface area contributed by atoms with Gasteiger partial charge in [0.2, 0.25) is 17.7 Å². The number of hydrogen-bond donors (Lipinski definition) is 2. The molecule has 3 fully saturated rings. The number of amides is 1. The molecule has 2 aromatic heterocycles. The van der Waals surface area contributed by atoms with Crippen LogP contribution in [0.4, 0.5) is 14.7 Å². The average molecular weight is 570 g/mol. The Morgan fingerprint density at radius 1 is 1.00 bits per heavy atom. The summed E-state index contributed by atoms with van der Waals surface area (Å²) >= 11 is 0. The number of ether oxygens (including phenoxy) is 2. The molecule has 12 heteroatoms. The van der Waals surface area contributed by atoms with Gasteiger partial charge in [0, 0.05) is 31.2 Å². The van der Waals surface area contributed by atoms with Crippen LogP contribution in [0.1, 0.15) is 63.6 Å². The van der Waals surface area contributed by atoms with E-state index in [1.165, 1.54) is 17.4 Å². The fourth-order valence-electron chi connectivity index (χ4n) is 6.05. The average Bonchev–Trinajstić information content (AvgIpc) is 3.66. The maximum absolute atomic E-state index is 14.1. The number of aromatic nitrogens is 4. The van der Waals surface area contributed by atoms with Crippen molar-refractivity contribution in [2.75, 3.05) is 37.7 Å². The maximum atomic E-state index is 14.1. The Labute approximate surface area is 237 Å². The van der Waals surface area contributed by atoms with Crippen molar-refractivity contribution in [3.8, 4) is 11.7 Å². The molecule has 1 aromatic carbocycles. The van der Waals surface area contributed by atoms with E-state index in [-0.39, 0.29) is 29.7 Å². The van der Waals surface area contributed by atoms with Crippen LogP contribution in [0, 0.1) is 0 Å². The van der Waals surface area contributed by atoms with Gasteiger partial charge in [-0.05, 0) is 50.7 Å². The van der Waals surface area contributed by atoms with E-state index >= 15 is 0 Å². The van der Waals surface area contributed by atoms with Gasteiger partial charge in [0.25, 0.3) is 6.43 Å². The number of alkyl halides is 2. The largest absolute Gasteiger partial charge is 0.474 e. The number of halogens is 2. The standard InChI is InChI=1S/C29H37F2N7O3/c30-27(31)28-34-22-7-3-4-8-23(22)38(28)24-17-26(36-29(35-24)37-13-15-40-16-14-37)41-21-11-9-20(10-12-21)33-25(39)18-32-19-5-1-2-6-19/h3-4,7-8,17,19-21,27,32H,1-2,5-6,9-16,18H2,(H,33,39). The highest BCUT2D eigenvalue weighted by molar-refractivity contribution is 5.78. The van der Waals surface area contributed by atoms with Crippen molar-refractivity contribution in [1.29, 1.82) is 0 Å². The third-order valence-corrected chi connectivity index (χ3v) is 8.22. The van der Waals surface area contributed by atoms with Crippen molar-refractivity contribution in [2.24, 2.45) is 0 Å². The monoisotopic (exact) mass is 569 g/mol. The highest BCUT2D eigenvalue weighted by Gasteiger charge is 2.27. The molecule has 10 nitrogen and oxygen atoms in total. The second-order valence-corrected chi connectivity index (χ2v) is 11.1. The van der Waals surface area contributed by atoms with Gasteiger partial charge in [0.05, 0.1) is 30.8 Å². The number of anilines is 1. The number of rotatable bonds is 9. The Morgan fingerprint density at radius 2 is 1.76 bits per heavy atom. The van der Waals surface area contributed by atoms with E-state index in [1.807, 2.05) is 4.90 Å². The summed E-state index contributed by atoms with van der Waals surface area (Å²) < 4.78 is 41.5. The number of benzene rings is 1. The Kier molecular flexibility index (Phi) is 8.56. The number of hydrogen-bond acceptors (Lipinski definition) is 8. The van der Waals surface area contributed by atoms with Crippen molar-refractivity contribution < 1.29 is 23.0 Å². The predicted molar refractivity (Wildman–Crippen MR) is 150 cm³/mol. The molecular formula is C29H37F2N7O3. The number of para-hydroxylation sites is 2. The quantitative estimate of drug-likeness (QED) is 0.400. The summed E-state index contributed by atoms with van der Waals surface area (Å²) in [7, 11) is 0. The smallest absolute Gasteiger partial charge is 0.296 e. The van der Waals surface area contributed by atoms with Crippen LogP contribution in [0.2, 0.25) is 0 Å². The number of nitrogens with one attached hydrogen (secondary N) is 2. The van der Waals surface area contributed by atoms with Crippen LogP contribution < -0.4 is 20.3 Å². The number of imidazole rings is 1. The Hall–Kier alpha value is -3.38. The molecule has 0 bridgehead atoms. The number of morpholine rings is 1. The van der Waals surface area contributed by atoms with Gasteiger partial charge in [-0.15, -0.1) is 0 Å². The normalized spacial score (nSPS) is 22.0. The van der Waals surface area contributed by atoms with E-state index in [0.29, 0.717) is 61.8 Å². The van der Waals surface area contributed by atoms with E-state index in [2.05, 4.69) is 20.6 Å². The fraction of sp³-hybridized carbons (Fsp3) is 0.586. The Balaban J connectivity index is 1.17. The lowest BCUT2D eigenvalue weighted by molar-refractivity contribution is -0.121. The van der Waals surface area contributed by atoms with Crippen LogP contribution in [-0.2, 0) is 9.53 Å². The molecule has 41 heavy (non-hydrogen) atoms. The molecule has 3 aliphatic rings. The van der Waals surface area contributed by atoms with E-state index in [4.69, 9.17) is 14.5 Å². The molecule has 6 rings (SSSR count). The maximum Gasteiger partial charge on any atom is 0.296 e. The minimum absolute atomic E-state index is 0.0410. The fourth-order valence-corrected chi connectivity index (χ4v) is 6.05. The molecule has 0 radical (unpaired) electrons. The van der Waals surface area contributed by atoms with E-state index in [0.717, 1.165) is 38.5 Å². The molecule has 3 aromatic rings. The summed E-state index contributed by atoms with van der Waals surface area (Å²) in [6.07, 6.45) is 4.98. The zero-order valence-electron chi connectivity index (χ0n) is 23.1. The predicted octanol–water partition coefficient (Wildman–Crippen LogP) is 3.93. The third kappa shape index (κ3) is 6.59. The van der Waals surface area contributed by atoms with E-state index < -0.39 is 6.43 Å². The molecule has 2 aliphatic carbocycles. The lowest BCUT2D eigenvalue weighted by Gasteiger charge is -2.30. The summed E-state index contributed by atoms with van der Waals surface area (Å²) in [4.78, 5) is 28.0. The number of nitrogens with zero attached hydrogens (tertiary/aromatic N) is 5. The molecule has 3 heterocycles. The highest BCUT2D eigenvalue weighted by atomic mass is 19.3. The van der Waals surface area contributed by atoms with Gasteiger partial charge in [-0.1, -0.05) is 25.0 Å². The summed E-state index contributed by atoms with van der Waals surface area (Å²) in [5.74, 6) is 0.704. The van der Waals surface area contributed by atoms with Gasteiger partial charge in [0.15, 0.2) is 5.82 Å². The van der Waals surface area contributed by atoms with Crippen LogP contribution in [0.25, 0.3) is 16.9 Å². The van der Waals surface area contributed by atoms with Crippen molar-refractivity contribution in [2.45, 2.75) is 76.0 Å². The van der Waals surface area contributed by atoms with Crippen molar-refractivity contribution >= 4 is 22.9 Å². The molecule has 2 saturated carbocycles. The molecule has 1 saturated heterocycles. The first-order valence-corrected chi connectivity index (χ1v) is 14.7. The molecular weight excluding hydrogens is 532 g/mol. The van der Waals surface area contributed by atoms with Gasteiger partial charge in [-0.25, -0.2) is 13.8 Å². The third-order valence-electron chi connectivity index (χ3n) is 8.22. The van der Waals surface area contributed by atoms with Crippen LogP contribution in [0.5, 0.6) is 5.88 Å². The minimum Gasteiger partial charge on any atom is -0.474 e. The second-order valence-electron chi connectivity index (χ2n) is 11.1. The highest BCUT2D eigenvalue weighted by Crippen LogP contribution is 2.31. The molecule has 0 unspecified atom stereocenters. The van der Waals surface area contributed by atoms with Crippen LogP contribution >= 0.6 is 0 Å². The van der Waals surface area contributed by atoms with Crippen molar-refractivity contribution in [3.05, 3.63) is 36.2 Å². The van der Waals surface area contributed by atoms with Crippen LogP contribution in [0.3, 0.4) is 0 Å². The molecule has 220 valence electrons. The van der Waals surface area contributed by atoms with Gasteiger partial charge >= 0.3 is 0 Å². The van der Waals surface area contributed by atoms with Gasteiger partial charge in [-0.3, -0.25) is 9.36 Å². The number of carbonyl (C=O) groups excluding carboxylic acids is 1. The zero-order chi connectivity index (χ0) is 28.2.